The number of para-hydroxylation sites is 1. The number of amides is 2. The lowest BCUT2D eigenvalue weighted by molar-refractivity contribution is -0.130. The van der Waals surface area contributed by atoms with Crippen molar-refractivity contribution >= 4 is 17.5 Å². The van der Waals surface area contributed by atoms with Crippen LogP contribution in [-0.2, 0) is 9.59 Å². The molecule has 0 saturated heterocycles. The highest BCUT2D eigenvalue weighted by Crippen LogP contribution is 2.27. The first kappa shape index (κ1) is 17.9. The first-order valence-corrected chi connectivity index (χ1v) is 7.85. The first-order valence-electron chi connectivity index (χ1n) is 7.85. The average molecular weight is 332 g/mol. The van der Waals surface area contributed by atoms with E-state index >= 15 is 0 Å². The van der Waals surface area contributed by atoms with Gasteiger partial charge in [-0.2, -0.15) is 5.10 Å². The van der Waals surface area contributed by atoms with Crippen LogP contribution in [0.15, 0.2) is 29.4 Å². The van der Waals surface area contributed by atoms with Crippen LogP contribution in [0.1, 0.15) is 24.4 Å². The van der Waals surface area contributed by atoms with E-state index in [4.69, 9.17) is 4.74 Å². The van der Waals surface area contributed by atoms with Gasteiger partial charge in [0.15, 0.2) is 0 Å². The molecule has 0 aliphatic carbocycles. The number of ether oxygens (including phenoxy) is 1. The normalized spacial score (nSPS) is 16.0. The molecule has 2 rings (SSSR count). The van der Waals surface area contributed by atoms with Crippen molar-refractivity contribution < 1.29 is 14.3 Å². The van der Waals surface area contributed by atoms with Crippen LogP contribution in [0.3, 0.4) is 0 Å². The molecule has 1 heterocycles. The smallest absolute Gasteiger partial charge is 0.267 e. The SMILES string of the molecule is COc1ccccc1[C@H](CNC(=O)C1=NN(C)C(=O)CC1)N(C)C. The summed E-state index contributed by atoms with van der Waals surface area (Å²) >= 11 is 0. The van der Waals surface area contributed by atoms with Crippen molar-refractivity contribution in [1.82, 2.24) is 15.2 Å². The molecule has 1 aliphatic heterocycles. The van der Waals surface area contributed by atoms with Gasteiger partial charge in [-0.05, 0) is 20.2 Å². The summed E-state index contributed by atoms with van der Waals surface area (Å²) in [6.07, 6.45) is 0.683. The first-order chi connectivity index (χ1) is 11.4. The van der Waals surface area contributed by atoms with Crippen LogP contribution >= 0.6 is 0 Å². The van der Waals surface area contributed by atoms with Gasteiger partial charge >= 0.3 is 0 Å². The fourth-order valence-corrected chi connectivity index (χ4v) is 2.64. The number of hydrazone groups is 1. The van der Waals surface area contributed by atoms with Gasteiger partial charge in [0.25, 0.3) is 5.91 Å². The molecule has 0 saturated carbocycles. The van der Waals surface area contributed by atoms with E-state index in [9.17, 15) is 9.59 Å². The Morgan fingerprint density at radius 1 is 1.38 bits per heavy atom. The number of rotatable bonds is 6. The van der Waals surface area contributed by atoms with E-state index in [1.807, 2.05) is 43.3 Å². The standard InChI is InChI=1S/C17H24N4O3/c1-20(2)14(12-7-5-6-8-15(12)24-4)11-18-17(23)13-9-10-16(22)21(3)19-13/h5-8,14H,9-11H2,1-4H3,(H,18,23)/t14-/m0/s1. The molecule has 0 aromatic heterocycles. The van der Waals surface area contributed by atoms with Crippen LogP contribution in [0.5, 0.6) is 5.75 Å². The second kappa shape index (κ2) is 7.92. The third kappa shape index (κ3) is 4.11. The van der Waals surface area contributed by atoms with Gasteiger partial charge in [-0.15, -0.1) is 0 Å². The number of hydrogen-bond acceptors (Lipinski definition) is 5. The fraction of sp³-hybridized carbons (Fsp3) is 0.471. The molecule has 1 aromatic rings. The largest absolute Gasteiger partial charge is 0.496 e. The van der Waals surface area contributed by atoms with E-state index < -0.39 is 0 Å². The molecule has 0 radical (unpaired) electrons. The fourth-order valence-electron chi connectivity index (χ4n) is 2.64. The summed E-state index contributed by atoms with van der Waals surface area (Å²) in [4.78, 5) is 25.8. The molecule has 1 aliphatic rings. The van der Waals surface area contributed by atoms with E-state index in [1.54, 1.807) is 14.2 Å². The number of likely N-dealkylation sites (N-methyl/N-ethyl adjacent to an activating group) is 1. The van der Waals surface area contributed by atoms with Gasteiger partial charge in [0.2, 0.25) is 5.91 Å². The summed E-state index contributed by atoms with van der Waals surface area (Å²) in [6.45, 7) is 0.420. The molecule has 0 spiro atoms. The highest BCUT2D eigenvalue weighted by molar-refractivity contribution is 6.39. The Balaban J connectivity index is 2.08. The lowest BCUT2D eigenvalue weighted by Crippen LogP contribution is -2.41. The maximum absolute atomic E-state index is 12.3. The van der Waals surface area contributed by atoms with Gasteiger partial charge in [-0.3, -0.25) is 9.59 Å². The molecule has 7 heteroatoms. The van der Waals surface area contributed by atoms with Crippen molar-refractivity contribution in [2.45, 2.75) is 18.9 Å². The molecule has 24 heavy (non-hydrogen) atoms. The van der Waals surface area contributed by atoms with Crippen LogP contribution in [0.25, 0.3) is 0 Å². The summed E-state index contributed by atoms with van der Waals surface area (Å²) in [5.41, 5.74) is 1.39. The average Bonchev–Trinajstić information content (AvgIpc) is 2.57. The number of nitrogens with zero attached hydrogens (tertiary/aromatic N) is 3. The van der Waals surface area contributed by atoms with E-state index in [0.29, 0.717) is 25.1 Å². The van der Waals surface area contributed by atoms with Gasteiger partial charge in [0, 0.05) is 32.0 Å². The Morgan fingerprint density at radius 2 is 2.08 bits per heavy atom. The zero-order valence-electron chi connectivity index (χ0n) is 14.6. The maximum Gasteiger partial charge on any atom is 0.267 e. The van der Waals surface area contributed by atoms with Crippen molar-refractivity contribution in [3.63, 3.8) is 0 Å². The van der Waals surface area contributed by atoms with E-state index in [1.165, 1.54) is 5.01 Å². The second-order valence-electron chi connectivity index (χ2n) is 5.90. The molecule has 1 atom stereocenters. The molecule has 0 unspecified atom stereocenters. The lowest BCUT2D eigenvalue weighted by atomic mass is 10.0. The number of hydrogen-bond donors (Lipinski definition) is 1. The molecule has 1 aromatic carbocycles. The number of carbonyl (C=O) groups is 2. The summed E-state index contributed by atoms with van der Waals surface area (Å²) in [7, 11) is 7.10. The number of carbonyl (C=O) groups excluding carboxylic acids is 2. The topological polar surface area (TPSA) is 74.2 Å². The minimum atomic E-state index is -0.240. The monoisotopic (exact) mass is 332 g/mol. The Labute approximate surface area is 142 Å². The van der Waals surface area contributed by atoms with Crippen molar-refractivity contribution in [3.05, 3.63) is 29.8 Å². The Hall–Kier alpha value is -2.41. The van der Waals surface area contributed by atoms with Crippen molar-refractivity contribution in [2.75, 3.05) is 34.8 Å². The zero-order chi connectivity index (χ0) is 17.7. The summed E-state index contributed by atoms with van der Waals surface area (Å²) in [5.74, 6) is 0.466. The van der Waals surface area contributed by atoms with Crippen LogP contribution < -0.4 is 10.1 Å². The number of methoxy groups -OCH3 is 1. The molecule has 0 bridgehead atoms. The molecule has 1 N–H and O–H groups in total. The van der Waals surface area contributed by atoms with Gasteiger partial charge in [0.05, 0.1) is 13.2 Å². The number of nitrogens with one attached hydrogen (secondary N) is 1. The maximum atomic E-state index is 12.3. The highest BCUT2D eigenvalue weighted by atomic mass is 16.5. The predicted molar refractivity (Wildman–Crippen MR) is 91.9 cm³/mol. The molecule has 2 amide bonds. The Kier molecular flexibility index (Phi) is 5.92. The molecular weight excluding hydrogens is 308 g/mol. The zero-order valence-corrected chi connectivity index (χ0v) is 14.6. The molecular formula is C17H24N4O3. The number of benzene rings is 1. The molecule has 0 fully saturated rings. The second-order valence-corrected chi connectivity index (χ2v) is 5.90. The quantitative estimate of drug-likeness (QED) is 0.844. The van der Waals surface area contributed by atoms with E-state index in [2.05, 4.69) is 10.4 Å². The minimum Gasteiger partial charge on any atom is -0.496 e. The van der Waals surface area contributed by atoms with Gasteiger partial charge in [-0.25, -0.2) is 5.01 Å². The summed E-state index contributed by atoms with van der Waals surface area (Å²) in [6, 6.07) is 7.72. The van der Waals surface area contributed by atoms with Gasteiger partial charge in [-0.1, -0.05) is 18.2 Å². The van der Waals surface area contributed by atoms with Crippen LogP contribution in [-0.4, -0.2) is 62.2 Å². The lowest BCUT2D eigenvalue weighted by Gasteiger charge is -2.27. The Morgan fingerprint density at radius 3 is 2.71 bits per heavy atom. The third-order valence-corrected chi connectivity index (χ3v) is 4.05. The van der Waals surface area contributed by atoms with E-state index in [0.717, 1.165) is 11.3 Å². The van der Waals surface area contributed by atoms with Gasteiger partial charge in [0.1, 0.15) is 11.5 Å². The van der Waals surface area contributed by atoms with Crippen molar-refractivity contribution in [1.29, 1.82) is 0 Å². The van der Waals surface area contributed by atoms with E-state index in [-0.39, 0.29) is 17.9 Å². The van der Waals surface area contributed by atoms with Crippen molar-refractivity contribution in [2.24, 2.45) is 5.10 Å². The van der Waals surface area contributed by atoms with Crippen LogP contribution in [0.4, 0.5) is 0 Å². The summed E-state index contributed by atoms with van der Waals surface area (Å²) < 4.78 is 5.42. The predicted octanol–water partition coefficient (Wildman–Crippen LogP) is 1.02. The summed E-state index contributed by atoms with van der Waals surface area (Å²) in [5, 5.41) is 8.18. The minimum absolute atomic E-state index is 0.0337. The molecule has 7 nitrogen and oxygen atoms in total. The van der Waals surface area contributed by atoms with Crippen LogP contribution in [0, 0.1) is 0 Å². The molecule has 130 valence electrons. The Bertz CT molecular complexity index is 642. The highest BCUT2D eigenvalue weighted by Gasteiger charge is 2.24. The van der Waals surface area contributed by atoms with Crippen molar-refractivity contribution in [3.8, 4) is 5.75 Å². The van der Waals surface area contributed by atoms with Crippen LogP contribution in [0.2, 0.25) is 0 Å². The van der Waals surface area contributed by atoms with Gasteiger partial charge < -0.3 is 15.0 Å². The third-order valence-electron chi connectivity index (χ3n) is 4.05.